The standard InChI is InChI=1S/C14H24N4O/c1-4-7-15-13-10-12(6-9-16-13)18(3)11-14(19)17-8-5-2/h6,9-10H,4-5,7-8,11H2,1-3H3,(H,15,16)(H,17,19). The number of hydrogen-bond acceptors (Lipinski definition) is 4. The Morgan fingerprint density at radius 2 is 2.05 bits per heavy atom. The van der Waals surface area contributed by atoms with Crippen molar-refractivity contribution in [1.82, 2.24) is 10.3 Å². The van der Waals surface area contributed by atoms with Crippen LogP contribution in [0.15, 0.2) is 18.3 Å². The number of nitrogens with one attached hydrogen (secondary N) is 2. The lowest BCUT2D eigenvalue weighted by molar-refractivity contribution is -0.119. The van der Waals surface area contributed by atoms with Crippen LogP contribution in [0.4, 0.5) is 11.5 Å². The number of likely N-dealkylation sites (N-methyl/N-ethyl adjacent to an activating group) is 1. The summed E-state index contributed by atoms with van der Waals surface area (Å²) in [6.07, 6.45) is 3.77. The van der Waals surface area contributed by atoms with Crippen LogP contribution >= 0.6 is 0 Å². The Kier molecular flexibility index (Phi) is 6.71. The van der Waals surface area contributed by atoms with Crippen molar-refractivity contribution in [2.45, 2.75) is 26.7 Å². The van der Waals surface area contributed by atoms with Gasteiger partial charge in [0.25, 0.3) is 0 Å². The van der Waals surface area contributed by atoms with Crippen molar-refractivity contribution in [2.75, 3.05) is 36.9 Å². The van der Waals surface area contributed by atoms with E-state index in [2.05, 4.69) is 22.5 Å². The number of amides is 1. The smallest absolute Gasteiger partial charge is 0.239 e. The van der Waals surface area contributed by atoms with Crippen LogP contribution in [0.25, 0.3) is 0 Å². The minimum atomic E-state index is 0.0456. The Hall–Kier alpha value is -1.78. The summed E-state index contributed by atoms with van der Waals surface area (Å²) in [6.45, 7) is 6.14. The number of pyridine rings is 1. The molecule has 1 amide bonds. The van der Waals surface area contributed by atoms with Crippen LogP contribution in [0.2, 0.25) is 0 Å². The SMILES string of the molecule is CCCNC(=O)CN(C)c1ccnc(NCCC)c1. The summed E-state index contributed by atoms with van der Waals surface area (Å²) in [4.78, 5) is 17.8. The fourth-order valence-electron chi connectivity index (χ4n) is 1.63. The highest BCUT2D eigenvalue weighted by molar-refractivity contribution is 5.81. The Balaban J connectivity index is 2.55. The Labute approximate surface area is 115 Å². The zero-order chi connectivity index (χ0) is 14.1. The second kappa shape index (κ2) is 8.34. The molecule has 0 saturated heterocycles. The van der Waals surface area contributed by atoms with Gasteiger partial charge in [-0.2, -0.15) is 0 Å². The molecule has 1 heterocycles. The van der Waals surface area contributed by atoms with Crippen molar-refractivity contribution in [2.24, 2.45) is 0 Å². The van der Waals surface area contributed by atoms with Gasteiger partial charge in [0.1, 0.15) is 5.82 Å². The largest absolute Gasteiger partial charge is 0.370 e. The molecule has 1 rings (SSSR count). The first kappa shape index (κ1) is 15.3. The van der Waals surface area contributed by atoms with Gasteiger partial charge in [0.2, 0.25) is 5.91 Å². The number of carbonyl (C=O) groups excluding carboxylic acids is 1. The van der Waals surface area contributed by atoms with Gasteiger partial charge in [0.05, 0.1) is 6.54 Å². The van der Waals surface area contributed by atoms with Crippen molar-refractivity contribution in [3.8, 4) is 0 Å². The summed E-state index contributed by atoms with van der Waals surface area (Å²) in [5.74, 6) is 0.893. The molecule has 0 aliphatic heterocycles. The zero-order valence-electron chi connectivity index (χ0n) is 12.1. The van der Waals surface area contributed by atoms with Crippen LogP contribution in [0.1, 0.15) is 26.7 Å². The minimum absolute atomic E-state index is 0.0456. The quantitative estimate of drug-likeness (QED) is 0.752. The Morgan fingerprint density at radius 3 is 2.74 bits per heavy atom. The maximum absolute atomic E-state index is 11.7. The van der Waals surface area contributed by atoms with Crippen molar-refractivity contribution < 1.29 is 4.79 Å². The Morgan fingerprint density at radius 1 is 1.32 bits per heavy atom. The number of aromatic nitrogens is 1. The van der Waals surface area contributed by atoms with E-state index in [1.165, 1.54) is 0 Å². The third-order valence-corrected chi connectivity index (χ3v) is 2.69. The van der Waals surface area contributed by atoms with Crippen LogP contribution < -0.4 is 15.5 Å². The third-order valence-electron chi connectivity index (χ3n) is 2.69. The molecule has 1 aromatic heterocycles. The van der Waals surface area contributed by atoms with Crippen LogP contribution in [0.5, 0.6) is 0 Å². The lowest BCUT2D eigenvalue weighted by Crippen LogP contribution is -2.35. The van der Waals surface area contributed by atoms with Gasteiger partial charge in [-0.05, 0) is 18.9 Å². The first-order valence-electron chi connectivity index (χ1n) is 6.85. The highest BCUT2D eigenvalue weighted by atomic mass is 16.2. The van der Waals surface area contributed by atoms with Crippen LogP contribution in [0.3, 0.4) is 0 Å². The molecule has 5 heteroatoms. The number of nitrogens with zero attached hydrogens (tertiary/aromatic N) is 2. The van der Waals surface area contributed by atoms with E-state index in [9.17, 15) is 4.79 Å². The number of carbonyl (C=O) groups is 1. The molecule has 0 atom stereocenters. The molecule has 0 fully saturated rings. The molecule has 0 aliphatic carbocycles. The predicted octanol–water partition coefficient (Wildman–Crippen LogP) is 1.87. The second-order valence-electron chi connectivity index (χ2n) is 4.53. The van der Waals surface area contributed by atoms with Gasteiger partial charge in [-0.1, -0.05) is 13.8 Å². The average Bonchev–Trinajstić information content (AvgIpc) is 2.43. The lowest BCUT2D eigenvalue weighted by atomic mass is 10.3. The van der Waals surface area contributed by atoms with Gasteiger partial charge in [0, 0.05) is 38.1 Å². The van der Waals surface area contributed by atoms with E-state index in [0.29, 0.717) is 6.54 Å². The van der Waals surface area contributed by atoms with Crippen molar-refractivity contribution >= 4 is 17.4 Å². The third kappa shape index (κ3) is 5.59. The highest BCUT2D eigenvalue weighted by Crippen LogP contribution is 2.15. The highest BCUT2D eigenvalue weighted by Gasteiger charge is 2.07. The summed E-state index contributed by atoms with van der Waals surface area (Å²) in [6, 6.07) is 3.87. The van der Waals surface area contributed by atoms with Gasteiger partial charge < -0.3 is 15.5 Å². The van der Waals surface area contributed by atoms with Gasteiger partial charge in [-0.25, -0.2) is 4.98 Å². The van der Waals surface area contributed by atoms with E-state index in [1.54, 1.807) is 6.20 Å². The predicted molar refractivity (Wildman–Crippen MR) is 79.6 cm³/mol. The Bertz CT molecular complexity index is 395. The van der Waals surface area contributed by atoms with Crippen molar-refractivity contribution in [1.29, 1.82) is 0 Å². The summed E-state index contributed by atoms with van der Waals surface area (Å²) in [5, 5.41) is 6.11. The van der Waals surface area contributed by atoms with Gasteiger partial charge >= 0.3 is 0 Å². The summed E-state index contributed by atoms with van der Waals surface area (Å²) < 4.78 is 0. The van der Waals surface area contributed by atoms with E-state index < -0.39 is 0 Å². The topological polar surface area (TPSA) is 57.3 Å². The molecule has 0 aliphatic rings. The van der Waals surface area contributed by atoms with Gasteiger partial charge in [-0.3, -0.25) is 4.79 Å². The monoisotopic (exact) mass is 264 g/mol. The number of hydrogen-bond donors (Lipinski definition) is 2. The van der Waals surface area contributed by atoms with Crippen molar-refractivity contribution in [3.05, 3.63) is 18.3 Å². The molecule has 0 spiro atoms. The fraction of sp³-hybridized carbons (Fsp3) is 0.571. The number of anilines is 2. The number of rotatable bonds is 8. The molecule has 2 N–H and O–H groups in total. The van der Waals surface area contributed by atoms with Crippen LogP contribution in [-0.2, 0) is 4.79 Å². The van der Waals surface area contributed by atoms with Crippen LogP contribution in [0, 0.1) is 0 Å². The van der Waals surface area contributed by atoms with Crippen LogP contribution in [-0.4, -0.2) is 37.6 Å². The molecule has 5 nitrogen and oxygen atoms in total. The van der Waals surface area contributed by atoms with E-state index in [0.717, 1.165) is 37.4 Å². The fourth-order valence-corrected chi connectivity index (χ4v) is 1.63. The molecule has 1 aromatic rings. The first-order valence-corrected chi connectivity index (χ1v) is 6.85. The normalized spacial score (nSPS) is 10.1. The minimum Gasteiger partial charge on any atom is -0.370 e. The molecule has 19 heavy (non-hydrogen) atoms. The lowest BCUT2D eigenvalue weighted by Gasteiger charge is -2.19. The molecule has 0 saturated carbocycles. The summed E-state index contributed by atoms with van der Waals surface area (Å²) in [5.41, 5.74) is 0.986. The molecule has 0 unspecified atom stereocenters. The van der Waals surface area contributed by atoms with E-state index >= 15 is 0 Å². The average molecular weight is 264 g/mol. The first-order chi connectivity index (χ1) is 9.17. The maximum Gasteiger partial charge on any atom is 0.239 e. The zero-order valence-corrected chi connectivity index (χ0v) is 12.1. The second-order valence-corrected chi connectivity index (χ2v) is 4.53. The molecular formula is C14H24N4O. The molecular weight excluding hydrogens is 240 g/mol. The van der Waals surface area contributed by atoms with E-state index in [1.807, 2.05) is 31.0 Å². The maximum atomic E-state index is 11.7. The molecule has 0 bridgehead atoms. The van der Waals surface area contributed by atoms with Gasteiger partial charge in [-0.15, -0.1) is 0 Å². The summed E-state index contributed by atoms with van der Waals surface area (Å²) >= 11 is 0. The van der Waals surface area contributed by atoms with E-state index in [-0.39, 0.29) is 5.91 Å². The van der Waals surface area contributed by atoms with Gasteiger partial charge in [0.15, 0.2) is 0 Å². The molecule has 0 aromatic carbocycles. The van der Waals surface area contributed by atoms with Crippen molar-refractivity contribution in [3.63, 3.8) is 0 Å². The molecule has 106 valence electrons. The van der Waals surface area contributed by atoms with E-state index in [4.69, 9.17) is 0 Å². The molecule has 0 radical (unpaired) electrons. The summed E-state index contributed by atoms with van der Waals surface area (Å²) in [7, 11) is 1.91.